The van der Waals surface area contributed by atoms with E-state index in [-0.39, 0.29) is 11.5 Å². The summed E-state index contributed by atoms with van der Waals surface area (Å²) in [5.74, 6) is 0.105. The first-order chi connectivity index (χ1) is 9.62. The van der Waals surface area contributed by atoms with Crippen LogP contribution in [0.3, 0.4) is 0 Å². The summed E-state index contributed by atoms with van der Waals surface area (Å²) in [6.45, 7) is 9.76. The van der Waals surface area contributed by atoms with Gasteiger partial charge in [-0.3, -0.25) is 0 Å². The Balaban J connectivity index is 2.02. The molecule has 1 heterocycles. The molecule has 1 aliphatic rings. The highest BCUT2D eigenvalue weighted by atomic mass is 79.9. The first-order valence-corrected chi connectivity index (χ1v) is 8.22. The average molecular weight is 356 g/mol. The van der Waals surface area contributed by atoms with Crippen LogP contribution in [0.5, 0.6) is 0 Å². The van der Waals surface area contributed by atoms with Crippen LogP contribution < -0.4 is 0 Å². The van der Waals surface area contributed by atoms with Gasteiger partial charge < -0.3 is 14.7 Å². The Morgan fingerprint density at radius 2 is 1.71 bits per heavy atom. The van der Waals surface area contributed by atoms with Gasteiger partial charge in [-0.25, -0.2) is 0 Å². The Morgan fingerprint density at radius 1 is 1.14 bits per heavy atom. The van der Waals surface area contributed by atoms with Crippen molar-refractivity contribution in [3.05, 3.63) is 34.3 Å². The smallest absolute Gasteiger partial charge is 0.0896 e. The number of halogens is 1. The molecule has 1 saturated heterocycles. The van der Waals surface area contributed by atoms with Gasteiger partial charge in [0.1, 0.15) is 0 Å². The van der Waals surface area contributed by atoms with E-state index in [1.807, 2.05) is 13.8 Å². The molecule has 0 spiro atoms. The van der Waals surface area contributed by atoms with E-state index in [1.165, 1.54) is 5.56 Å². The third-order valence-corrected chi connectivity index (χ3v) is 4.92. The Hall–Kier alpha value is -0.420. The Morgan fingerprint density at radius 3 is 2.19 bits per heavy atom. The molecular weight excluding hydrogens is 330 g/mol. The van der Waals surface area contributed by atoms with Crippen molar-refractivity contribution in [3.8, 4) is 0 Å². The molecule has 1 aromatic rings. The van der Waals surface area contributed by atoms with Crippen molar-refractivity contribution in [2.24, 2.45) is 5.92 Å². The van der Waals surface area contributed by atoms with E-state index in [9.17, 15) is 5.11 Å². The van der Waals surface area contributed by atoms with Crippen LogP contribution in [0.4, 0.5) is 0 Å². The summed E-state index contributed by atoms with van der Waals surface area (Å²) in [6.07, 6.45) is -0.445. The molecule has 0 saturated carbocycles. The van der Waals surface area contributed by atoms with E-state index in [2.05, 4.69) is 66.0 Å². The number of rotatable bonds is 4. The lowest BCUT2D eigenvalue weighted by molar-refractivity contribution is -0.0912. The van der Waals surface area contributed by atoms with Gasteiger partial charge >= 0.3 is 0 Å². The first-order valence-electron chi connectivity index (χ1n) is 7.43. The monoisotopic (exact) mass is 355 g/mol. The molecule has 4 heteroatoms. The molecule has 2 atom stereocenters. The number of ether oxygens (including phenoxy) is 1. The molecule has 0 aromatic heterocycles. The van der Waals surface area contributed by atoms with Gasteiger partial charge in [-0.05, 0) is 52.4 Å². The fourth-order valence-corrected chi connectivity index (χ4v) is 3.56. The maximum absolute atomic E-state index is 10.5. The maximum atomic E-state index is 10.5. The van der Waals surface area contributed by atoms with Gasteiger partial charge in [-0.1, -0.05) is 28.1 Å². The van der Waals surface area contributed by atoms with Crippen molar-refractivity contribution < 1.29 is 9.84 Å². The summed E-state index contributed by atoms with van der Waals surface area (Å²) in [5.41, 5.74) is 0.481. The van der Waals surface area contributed by atoms with Crippen LogP contribution in [-0.2, 0) is 11.3 Å². The second-order valence-electron chi connectivity index (χ2n) is 7.18. The molecule has 0 amide bonds. The normalized spacial score (nSPS) is 27.2. The van der Waals surface area contributed by atoms with Crippen LogP contribution in [0.2, 0.25) is 0 Å². The zero-order valence-corrected chi connectivity index (χ0v) is 15.1. The second-order valence-corrected chi connectivity index (χ2v) is 8.10. The summed E-state index contributed by atoms with van der Waals surface area (Å²) in [6, 6.07) is 8.36. The zero-order valence-electron chi connectivity index (χ0n) is 13.6. The van der Waals surface area contributed by atoms with Crippen LogP contribution in [0, 0.1) is 5.92 Å². The highest BCUT2D eigenvalue weighted by Gasteiger charge is 2.53. The molecule has 21 heavy (non-hydrogen) atoms. The molecule has 0 bridgehead atoms. The van der Waals surface area contributed by atoms with Crippen LogP contribution in [0.1, 0.15) is 33.3 Å². The Labute approximate surface area is 136 Å². The predicted octanol–water partition coefficient (Wildman–Crippen LogP) is 3.45. The number of aliphatic hydroxyl groups is 1. The molecular formula is C17H26BrNO2. The number of nitrogens with zero attached hydrogens (tertiary/aromatic N) is 1. The summed E-state index contributed by atoms with van der Waals surface area (Å²) in [5, 5.41) is 10.5. The van der Waals surface area contributed by atoms with Crippen molar-refractivity contribution >= 4 is 15.9 Å². The van der Waals surface area contributed by atoms with Crippen molar-refractivity contribution in [2.45, 2.75) is 51.5 Å². The zero-order chi connectivity index (χ0) is 15.8. The molecule has 118 valence electrons. The van der Waals surface area contributed by atoms with Gasteiger partial charge in [0.15, 0.2) is 0 Å². The lowest BCUT2D eigenvalue weighted by atomic mass is 9.84. The largest absolute Gasteiger partial charge is 0.390 e. The lowest BCUT2D eigenvalue weighted by Crippen LogP contribution is -2.42. The second kappa shape index (κ2) is 5.99. The highest BCUT2D eigenvalue weighted by molar-refractivity contribution is 9.10. The van der Waals surface area contributed by atoms with E-state index < -0.39 is 11.7 Å². The van der Waals surface area contributed by atoms with E-state index in [1.54, 1.807) is 0 Å². The van der Waals surface area contributed by atoms with Gasteiger partial charge in [-0.2, -0.15) is 0 Å². The van der Waals surface area contributed by atoms with E-state index in [0.29, 0.717) is 0 Å². The van der Waals surface area contributed by atoms with Crippen molar-refractivity contribution in [1.82, 2.24) is 4.90 Å². The molecule has 1 aliphatic heterocycles. The molecule has 1 fully saturated rings. The quantitative estimate of drug-likeness (QED) is 0.897. The third-order valence-electron chi connectivity index (χ3n) is 4.39. The van der Waals surface area contributed by atoms with E-state index in [4.69, 9.17) is 4.74 Å². The molecule has 3 nitrogen and oxygen atoms in total. The summed E-state index contributed by atoms with van der Waals surface area (Å²) in [7, 11) is 2.09. The SMILES string of the molecule is CN(Cc1ccc(Br)cc1)CC1C(O)C(C)(C)OC1(C)C. The van der Waals surface area contributed by atoms with Gasteiger partial charge in [0.05, 0.1) is 17.3 Å². The molecule has 1 aromatic carbocycles. The van der Waals surface area contributed by atoms with E-state index in [0.717, 1.165) is 17.6 Å². The Kier molecular flexibility index (Phi) is 4.84. The minimum atomic E-state index is -0.480. The van der Waals surface area contributed by atoms with Crippen molar-refractivity contribution in [3.63, 3.8) is 0 Å². The topological polar surface area (TPSA) is 32.7 Å². The van der Waals surface area contributed by atoms with Crippen LogP contribution in [0.25, 0.3) is 0 Å². The van der Waals surface area contributed by atoms with Gasteiger partial charge in [0.2, 0.25) is 0 Å². The van der Waals surface area contributed by atoms with Gasteiger partial charge in [0.25, 0.3) is 0 Å². The number of benzene rings is 1. The summed E-state index contributed by atoms with van der Waals surface area (Å²) >= 11 is 3.45. The number of hydrogen-bond donors (Lipinski definition) is 1. The van der Waals surface area contributed by atoms with Crippen LogP contribution in [-0.4, -0.2) is 40.9 Å². The molecule has 0 radical (unpaired) electrons. The van der Waals surface area contributed by atoms with Crippen LogP contribution in [0.15, 0.2) is 28.7 Å². The fourth-order valence-electron chi connectivity index (χ4n) is 3.30. The number of hydrogen-bond acceptors (Lipinski definition) is 3. The standard InChI is InChI=1S/C17H26BrNO2/c1-16(2)14(15(20)17(3,4)21-16)11-19(5)10-12-6-8-13(18)9-7-12/h6-9,14-15,20H,10-11H2,1-5H3. The van der Waals surface area contributed by atoms with Crippen LogP contribution >= 0.6 is 15.9 Å². The molecule has 1 N–H and O–H groups in total. The third kappa shape index (κ3) is 3.86. The predicted molar refractivity (Wildman–Crippen MR) is 89.2 cm³/mol. The Bertz CT molecular complexity index is 484. The summed E-state index contributed by atoms with van der Waals surface area (Å²) < 4.78 is 7.14. The van der Waals surface area contributed by atoms with Crippen molar-refractivity contribution in [1.29, 1.82) is 0 Å². The minimum Gasteiger partial charge on any atom is -0.390 e. The van der Waals surface area contributed by atoms with Gasteiger partial charge in [-0.15, -0.1) is 0 Å². The lowest BCUT2D eigenvalue weighted by Gasteiger charge is -2.30. The van der Waals surface area contributed by atoms with E-state index >= 15 is 0 Å². The first kappa shape index (κ1) is 16.9. The average Bonchev–Trinajstić information content (AvgIpc) is 2.50. The number of aliphatic hydroxyl groups excluding tert-OH is 1. The summed E-state index contributed by atoms with van der Waals surface area (Å²) in [4.78, 5) is 2.25. The molecule has 2 rings (SSSR count). The molecule has 2 unspecified atom stereocenters. The minimum absolute atomic E-state index is 0.105. The highest BCUT2D eigenvalue weighted by Crippen LogP contribution is 2.42. The fraction of sp³-hybridized carbons (Fsp3) is 0.647. The molecule has 0 aliphatic carbocycles. The maximum Gasteiger partial charge on any atom is 0.0896 e. The van der Waals surface area contributed by atoms with Gasteiger partial charge in [0, 0.05) is 23.5 Å². The van der Waals surface area contributed by atoms with Crippen molar-refractivity contribution in [2.75, 3.05) is 13.6 Å².